The van der Waals surface area contributed by atoms with E-state index in [9.17, 15) is 0 Å². The van der Waals surface area contributed by atoms with Gasteiger partial charge in [0.15, 0.2) is 0 Å². The summed E-state index contributed by atoms with van der Waals surface area (Å²) in [5.74, 6) is 0. The van der Waals surface area contributed by atoms with Crippen molar-refractivity contribution in [2.24, 2.45) is 4.99 Å². The smallest absolute Gasteiger partial charge is 0.145 e. The molecule has 1 unspecified atom stereocenters. The van der Waals surface area contributed by atoms with Gasteiger partial charge in [0.25, 0.3) is 0 Å². The molecule has 7 aromatic rings. The Kier molecular flexibility index (Phi) is 6.27. The topological polar surface area (TPSA) is 36.4 Å². The number of hydrogen-bond donors (Lipinski definition) is 2. The minimum Gasteiger partial charge on any atom is -0.360 e. The Balaban J connectivity index is 1.21. The first-order valence-electron chi connectivity index (χ1n) is 14.6. The number of rotatable bonds is 5. The van der Waals surface area contributed by atoms with Crippen LogP contribution < -0.4 is 10.6 Å². The number of aryl methyl sites for hydroxylation is 1. The first-order valence-corrected chi connectivity index (χ1v) is 15.4. The lowest BCUT2D eigenvalue weighted by Gasteiger charge is -2.26. The van der Waals surface area contributed by atoms with E-state index >= 15 is 0 Å². The van der Waals surface area contributed by atoms with E-state index in [1.807, 2.05) is 11.3 Å². The van der Waals surface area contributed by atoms with Crippen LogP contribution in [0.2, 0.25) is 0 Å². The Morgan fingerprint density at radius 1 is 0.628 bits per heavy atom. The highest BCUT2D eigenvalue weighted by molar-refractivity contribution is 7.25. The Labute approximate surface area is 255 Å². The lowest BCUT2D eigenvalue weighted by molar-refractivity contribution is 0.828. The summed E-state index contributed by atoms with van der Waals surface area (Å²) in [5.41, 5.74) is 11.2. The molecule has 0 radical (unpaired) electrons. The summed E-state index contributed by atoms with van der Waals surface area (Å²) in [6.07, 6.45) is -0.204. The molecular weight excluding hydrogens is 543 g/mol. The van der Waals surface area contributed by atoms with Crippen LogP contribution in [0.15, 0.2) is 145 Å². The summed E-state index contributed by atoms with van der Waals surface area (Å²) < 4.78 is 2.60. The molecule has 2 N–H and O–H groups in total. The molecule has 0 spiro atoms. The van der Waals surface area contributed by atoms with Crippen molar-refractivity contribution in [1.29, 1.82) is 0 Å². The fourth-order valence-electron chi connectivity index (χ4n) is 5.97. The Hall–Kier alpha value is -5.19. The molecular formula is C39H29N3S. The molecule has 0 amide bonds. The summed E-state index contributed by atoms with van der Waals surface area (Å²) in [6.45, 7) is 2.12. The van der Waals surface area contributed by atoms with Gasteiger partial charge in [0.05, 0.1) is 5.71 Å². The number of nitrogens with zero attached hydrogens (tertiary/aromatic N) is 1. The van der Waals surface area contributed by atoms with Gasteiger partial charge in [-0.2, -0.15) is 0 Å². The third-order valence-corrected chi connectivity index (χ3v) is 9.27. The SMILES string of the molecule is Cc1ccc(C2=NC(c3cccc(Nc4cc5c(cc4-c4ccccc4)sc4ccccc45)c3)Nc3ccccc32)cc1. The van der Waals surface area contributed by atoms with Crippen LogP contribution in [0.3, 0.4) is 0 Å². The van der Waals surface area contributed by atoms with E-state index in [4.69, 9.17) is 4.99 Å². The monoisotopic (exact) mass is 571 g/mol. The average Bonchev–Trinajstić information content (AvgIpc) is 3.42. The van der Waals surface area contributed by atoms with Crippen molar-refractivity contribution in [3.05, 3.63) is 162 Å². The average molecular weight is 572 g/mol. The van der Waals surface area contributed by atoms with E-state index in [1.54, 1.807) is 0 Å². The molecule has 1 aliphatic rings. The number of anilines is 3. The largest absolute Gasteiger partial charge is 0.360 e. The minimum atomic E-state index is -0.204. The van der Waals surface area contributed by atoms with Crippen molar-refractivity contribution in [2.45, 2.75) is 13.1 Å². The minimum absolute atomic E-state index is 0.204. The number of hydrogen-bond acceptors (Lipinski definition) is 4. The van der Waals surface area contributed by atoms with Gasteiger partial charge < -0.3 is 10.6 Å². The molecule has 6 aromatic carbocycles. The lowest BCUT2D eigenvalue weighted by atomic mass is 9.97. The molecule has 3 nitrogen and oxygen atoms in total. The van der Waals surface area contributed by atoms with Crippen LogP contribution in [0.4, 0.5) is 17.1 Å². The van der Waals surface area contributed by atoms with Crippen molar-refractivity contribution in [2.75, 3.05) is 10.6 Å². The van der Waals surface area contributed by atoms with E-state index in [2.05, 4.69) is 157 Å². The van der Waals surface area contributed by atoms with Crippen LogP contribution in [0.5, 0.6) is 0 Å². The van der Waals surface area contributed by atoms with Crippen LogP contribution >= 0.6 is 11.3 Å². The molecule has 8 rings (SSSR count). The predicted molar refractivity (Wildman–Crippen MR) is 184 cm³/mol. The highest BCUT2D eigenvalue weighted by Gasteiger charge is 2.23. The fraction of sp³-hybridized carbons (Fsp3) is 0.0513. The molecule has 0 bridgehead atoms. The number of nitrogens with one attached hydrogen (secondary N) is 2. The second-order valence-electron chi connectivity index (χ2n) is 11.0. The van der Waals surface area contributed by atoms with Gasteiger partial charge in [-0.15, -0.1) is 11.3 Å². The van der Waals surface area contributed by atoms with Gasteiger partial charge in [-0.3, -0.25) is 4.99 Å². The number of thiophene rings is 1. The Bertz CT molecular complexity index is 2140. The standard InChI is InChI=1S/C39H29N3S/c1-25-18-20-27(21-19-25)38-31-15-5-7-16-34(31)41-39(42-38)28-12-9-13-29(22-28)40-35-23-33-30-14-6-8-17-36(30)43-37(33)24-32(35)26-10-3-2-4-11-26/h2-24,39-41H,1H3. The number of benzene rings is 6. The summed E-state index contributed by atoms with van der Waals surface area (Å²) in [6, 6.07) is 49.6. The fourth-order valence-corrected chi connectivity index (χ4v) is 7.09. The summed E-state index contributed by atoms with van der Waals surface area (Å²) in [5, 5.41) is 10.0. The highest BCUT2D eigenvalue weighted by Crippen LogP contribution is 2.41. The second kappa shape index (κ2) is 10.6. The van der Waals surface area contributed by atoms with Gasteiger partial charge >= 0.3 is 0 Å². The maximum absolute atomic E-state index is 5.25. The molecule has 1 aliphatic heterocycles. The van der Waals surface area contributed by atoms with Crippen LogP contribution in [0.1, 0.15) is 28.4 Å². The summed E-state index contributed by atoms with van der Waals surface area (Å²) >= 11 is 1.85. The van der Waals surface area contributed by atoms with Crippen LogP contribution in [-0.2, 0) is 0 Å². The van der Waals surface area contributed by atoms with Gasteiger partial charge in [0.1, 0.15) is 6.17 Å². The van der Waals surface area contributed by atoms with Crippen LogP contribution in [0, 0.1) is 6.92 Å². The zero-order chi connectivity index (χ0) is 28.8. The third-order valence-electron chi connectivity index (χ3n) is 8.14. The van der Waals surface area contributed by atoms with Gasteiger partial charge in [-0.1, -0.05) is 109 Å². The molecule has 0 saturated carbocycles. The predicted octanol–water partition coefficient (Wildman–Crippen LogP) is 10.7. The van der Waals surface area contributed by atoms with E-state index in [0.29, 0.717) is 0 Å². The summed E-state index contributed by atoms with van der Waals surface area (Å²) in [7, 11) is 0. The van der Waals surface area contributed by atoms with E-state index in [1.165, 1.54) is 36.9 Å². The van der Waals surface area contributed by atoms with Gasteiger partial charge in [0, 0.05) is 53.9 Å². The highest BCUT2D eigenvalue weighted by atomic mass is 32.1. The van der Waals surface area contributed by atoms with E-state index in [-0.39, 0.29) is 6.17 Å². The quantitative estimate of drug-likeness (QED) is 0.216. The molecule has 0 saturated heterocycles. The molecule has 0 aliphatic carbocycles. The van der Waals surface area contributed by atoms with Crippen LogP contribution in [0.25, 0.3) is 31.3 Å². The Morgan fingerprint density at radius 3 is 2.30 bits per heavy atom. The molecule has 0 fully saturated rings. The van der Waals surface area contributed by atoms with Crippen molar-refractivity contribution in [1.82, 2.24) is 0 Å². The van der Waals surface area contributed by atoms with E-state index < -0.39 is 0 Å². The van der Waals surface area contributed by atoms with Crippen molar-refractivity contribution in [3.8, 4) is 11.1 Å². The molecule has 1 aromatic heterocycles. The molecule has 1 atom stereocenters. The first-order chi connectivity index (χ1) is 21.2. The second-order valence-corrected chi connectivity index (χ2v) is 12.1. The van der Waals surface area contributed by atoms with Gasteiger partial charge in [0.2, 0.25) is 0 Å². The maximum Gasteiger partial charge on any atom is 0.145 e. The van der Waals surface area contributed by atoms with Gasteiger partial charge in [-0.05, 0) is 54.4 Å². The molecule has 206 valence electrons. The number of para-hydroxylation sites is 1. The van der Waals surface area contributed by atoms with Crippen molar-refractivity contribution >= 4 is 54.3 Å². The zero-order valence-corrected chi connectivity index (χ0v) is 24.5. The number of aliphatic imine (C=N–C) groups is 1. The van der Waals surface area contributed by atoms with Crippen LogP contribution in [-0.4, -0.2) is 5.71 Å². The number of fused-ring (bicyclic) bond motifs is 4. The van der Waals surface area contributed by atoms with Crippen molar-refractivity contribution < 1.29 is 0 Å². The first kappa shape index (κ1) is 25.5. The summed E-state index contributed by atoms with van der Waals surface area (Å²) in [4.78, 5) is 5.25. The normalized spacial score (nSPS) is 14.3. The lowest BCUT2D eigenvalue weighted by Crippen LogP contribution is -2.20. The molecule has 4 heteroatoms. The van der Waals surface area contributed by atoms with Crippen molar-refractivity contribution in [3.63, 3.8) is 0 Å². The van der Waals surface area contributed by atoms with Gasteiger partial charge in [-0.25, -0.2) is 0 Å². The third kappa shape index (κ3) is 4.76. The molecule has 43 heavy (non-hydrogen) atoms. The zero-order valence-electron chi connectivity index (χ0n) is 23.7. The Morgan fingerprint density at radius 2 is 1.42 bits per heavy atom. The van der Waals surface area contributed by atoms with E-state index in [0.717, 1.165) is 39.5 Å². The molecule has 2 heterocycles. The maximum atomic E-state index is 5.25.